The van der Waals surface area contributed by atoms with Crippen molar-refractivity contribution in [1.82, 2.24) is 4.58 Å². The van der Waals surface area contributed by atoms with Crippen LogP contribution < -0.4 is 14.8 Å². The Morgan fingerprint density at radius 2 is 1.84 bits per heavy atom. The van der Waals surface area contributed by atoms with E-state index in [-0.39, 0.29) is 19.0 Å². The molecule has 4 rings (SSSR count). The highest BCUT2D eigenvalue weighted by Crippen LogP contribution is 2.42. The minimum atomic E-state index is -0.461. The smallest absolute Gasteiger partial charge is 0.328 e. The molecule has 0 amide bonds. The van der Waals surface area contributed by atoms with Gasteiger partial charge in [-0.3, -0.25) is 9.59 Å². The molecule has 37 heavy (non-hydrogen) atoms. The second kappa shape index (κ2) is 10.6. The summed E-state index contributed by atoms with van der Waals surface area (Å²) in [5, 5.41) is 1.77. The number of esters is 1. The second-order valence-electron chi connectivity index (χ2n) is 9.10. The molecule has 0 unspecified atom stereocenters. The zero-order valence-electron chi connectivity index (χ0n) is 21.6. The zero-order valence-corrected chi connectivity index (χ0v) is 21.6. The number of Topliss-reactive ketones (excluding diaryl/α,β-unsaturated/α-hetero) is 1. The normalized spacial score (nSPS) is 10.7. The molecule has 2 aromatic rings. The largest absolute Gasteiger partial charge is 0.466 e. The van der Waals surface area contributed by atoms with Crippen LogP contribution in [-0.2, 0) is 16.0 Å². The van der Waals surface area contributed by atoms with Crippen LogP contribution in [0.15, 0.2) is 59.0 Å². The minimum Gasteiger partial charge on any atom is -0.466 e. The van der Waals surface area contributed by atoms with Crippen LogP contribution >= 0.6 is 0 Å². The highest BCUT2D eigenvalue weighted by atomic mass is 16.5. The van der Waals surface area contributed by atoms with Gasteiger partial charge in [-0.1, -0.05) is 6.07 Å². The van der Waals surface area contributed by atoms with Crippen LogP contribution in [0.4, 0.5) is 5.69 Å². The molecule has 2 aliphatic rings. The molecule has 1 aliphatic carbocycles. The Bertz CT molecular complexity index is 1610. The Kier molecular flexibility index (Phi) is 7.32. The summed E-state index contributed by atoms with van der Waals surface area (Å²) in [6.07, 6.45) is 0.932. The van der Waals surface area contributed by atoms with E-state index in [0.29, 0.717) is 28.0 Å². The minimum absolute atomic E-state index is 0.0615. The molecule has 0 saturated heterocycles. The van der Waals surface area contributed by atoms with Crippen LogP contribution in [0.25, 0.3) is 39.0 Å². The van der Waals surface area contributed by atoms with Gasteiger partial charge in [-0.25, -0.2) is 4.58 Å². The molecule has 8 nitrogen and oxygen atoms in total. The third-order valence-electron chi connectivity index (χ3n) is 6.17. The van der Waals surface area contributed by atoms with Gasteiger partial charge >= 0.3 is 12.2 Å². The van der Waals surface area contributed by atoms with Gasteiger partial charge in [0.1, 0.15) is 25.4 Å². The quantitative estimate of drug-likeness (QED) is 0.0734. The average molecular weight is 498 g/mol. The summed E-state index contributed by atoms with van der Waals surface area (Å²) in [7, 11) is 7.82. The summed E-state index contributed by atoms with van der Waals surface area (Å²) in [6, 6.07) is 17.0. The predicted octanol–water partition coefficient (Wildman–Crippen LogP) is 3.89. The van der Waals surface area contributed by atoms with E-state index in [1.54, 1.807) is 19.1 Å². The molecule has 0 bridgehead atoms. The topological polar surface area (TPSA) is 99.2 Å². The van der Waals surface area contributed by atoms with E-state index in [0.717, 1.165) is 33.8 Å². The molecule has 0 spiro atoms. The lowest BCUT2D eigenvalue weighted by molar-refractivity contribution is -0.142. The van der Waals surface area contributed by atoms with Crippen LogP contribution in [-0.4, -0.2) is 57.6 Å². The SMILES string of the molecule is CCOC(=O)Cc1ccc(C(=O)C=[N+]=[N-])c(-c2c3ccc(=[N+](C)C)cc-3oc3cc(N(C)C)ccc23)c1. The molecule has 0 N–H and O–H groups in total. The number of carbonyl (C=O) groups is 2. The number of anilines is 1. The average Bonchev–Trinajstić information content (AvgIpc) is 2.86. The van der Waals surface area contributed by atoms with Crippen LogP contribution in [0.2, 0.25) is 0 Å². The van der Waals surface area contributed by atoms with E-state index in [1.165, 1.54) is 0 Å². The molecule has 2 aromatic carbocycles. The third-order valence-corrected chi connectivity index (χ3v) is 6.17. The molecule has 0 fully saturated rings. The standard InChI is InChI=1S/C29H29N4O4/c1-6-36-28(35)14-18-7-10-21(25(34)17-31-30)24(13-18)29-22-11-8-19(32(2)3)15-26(22)37-27-16-20(33(4)5)9-12-23(27)29/h7-13,15-17H,6,14H2,1-5H3/q+1. The molecular formula is C29H29N4O4+. The van der Waals surface area contributed by atoms with Gasteiger partial charge in [0.05, 0.1) is 19.1 Å². The fourth-order valence-corrected chi connectivity index (χ4v) is 4.34. The maximum Gasteiger partial charge on any atom is 0.328 e. The molecular weight excluding hydrogens is 468 g/mol. The highest BCUT2D eigenvalue weighted by Gasteiger charge is 2.24. The van der Waals surface area contributed by atoms with Gasteiger partial charge in [-0.2, -0.15) is 4.79 Å². The summed E-state index contributed by atoms with van der Waals surface area (Å²) in [5.74, 6) is -0.166. The Balaban J connectivity index is 2.11. The summed E-state index contributed by atoms with van der Waals surface area (Å²) >= 11 is 0. The van der Waals surface area contributed by atoms with Gasteiger partial charge in [0, 0.05) is 54.0 Å². The molecule has 0 saturated carbocycles. The van der Waals surface area contributed by atoms with Crippen LogP contribution in [0.5, 0.6) is 0 Å². The number of fused-ring (bicyclic) bond motifs is 2. The fraction of sp³-hybridized carbons (Fsp3) is 0.241. The van der Waals surface area contributed by atoms with Crippen molar-refractivity contribution < 1.29 is 23.5 Å². The van der Waals surface area contributed by atoms with E-state index < -0.39 is 5.78 Å². The van der Waals surface area contributed by atoms with Crippen molar-refractivity contribution in [3.8, 4) is 22.5 Å². The van der Waals surface area contributed by atoms with Crippen molar-refractivity contribution >= 4 is 34.6 Å². The molecule has 1 heterocycles. The van der Waals surface area contributed by atoms with E-state index in [9.17, 15) is 9.59 Å². The van der Waals surface area contributed by atoms with E-state index in [2.05, 4.69) is 4.79 Å². The highest BCUT2D eigenvalue weighted by molar-refractivity contribution is 6.35. The lowest BCUT2D eigenvalue weighted by atomic mass is 9.88. The molecule has 0 radical (unpaired) electrons. The first-order chi connectivity index (χ1) is 17.7. The molecule has 8 heteroatoms. The Labute approximate surface area is 215 Å². The van der Waals surface area contributed by atoms with Gasteiger partial charge in [0.2, 0.25) is 5.36 Å². The lowest BCUT2D eigenvalue weighted by Crippen LogP contribution is -2.21. The van der Waals surface area contributed by atoms with Crippen molar-refractivity contribution in [2.24, 2.45) is 0 Å². The van der Waals surface area contributed by atoms with Crippen molar-refractivity contribution in [2.45, 2.75) is 13.3 Å². The van der Waals surface area contributed by atoms with E-state index >= 15 is 0 Å². The van der Waals surface area contributed by atoms with Gasteiger partial charge in [-0.05, 0) is 48.4 Å². The first-order valence-corrected chi connectivity index (χ1v) is 11.9. The number of nitrogens with zero attached hydrogens (tertiary/aromatic N) is 4. The third kappa shape index (κ3) is 5.20. The molecule has 1 aliphatic heterocycles. The van der Waals surface area contributed by atoms with Gasteiger partial charge in [-0.15, -0.1) is 0 Å². The van der Waals surface area contributed by atoms with Crippen LogP contribution in [0.1, 0.15) is 22.8 Å². The fourth-order valence-electron chi connectivity index (χ4n) is 4.34. The number of hydrogen-bond acceptors (Lipinski definition) is 5. The number of rotatable bonds is 7. The summed E-state index contributed by atoms with van der Waals surface area (Å²) in [6.45, 7) is 2.04. The molecule has 0 aromatic heterocycles. The van der Waals surface area contributed by atoms with Crippen LogP contribution in [0.3, 0.4) is 0 Å². The number of carbonyl (C=O) groups excluding carboxylic acids is 2. The number of ketones is 1. The first kappa shape index (κ1) is 25.5. The molecule has 188 valence electrons. The lowest BCUT2D eigenvalue weighted by Gasteiger charge is -2.19. The Morgan fingerprint density at radius 3 is 2.51 bits per heavy atom. The Morgan fingerprint density at radius 1 is 1.05 bits per heavy atom. The molecule has 0 atom stereocenters. The summed E-state index contributed by atoms with van der Waals surface area (Å²) < 4.78 is 13.5. The number of benzene rings is 3. The monoisotopic (exact) mass is 497 g/mol. The number of ether oxygens (including phenoxy) is 1. The number of hydrogen-bond donors (Lipinski definition) is 0. The van der Waals surface area contributed by atoms with Crippen molar-refractivity contribution in [3.63, 3.8) is 0 Å². The first-order valence-electron chi connectivity index (χ1n) is 11.9. The summed E-state index contributed by atoms with van der Waals surface area (Å²) in [5.41, 5.74) is 13.9. The van der Waals surface area contributed by atoms with Crippen LogP contribution in [0, 0.1) is 0 Å². The maximum atomic E-state index is 13.0. The van der Waals surface area contributed by atoms with Crippen molar-refractivity contribution in [1.29, 1.82) is 0 Å². The van der Waals surface area contributed by atoms with E-state index in [4.69, 9.17) is 14.7 Å². The zero-order chi connectivity index (χ0) is 26.7. The van der Waals surface area contributed by atoms with E-state index in [1.807, 2.05) is 80.1 Å². The van der Waals surface area contributed by atoms with Crippen molar-refractivity contribution in [2.75, 3.05) is 39.7 Å². The maximum absolute atomic E-state index is 13.0. The Hall–Kier alpha value is -4.55. The predicted molar refractivity (Wildman–Crippen MR) is 144 cm³/mol. The van der Waals surface area contributed by atoms with Gasteiger partial charge in [0.15, 0.2) is 0 Å². The van der Waals surface area contributed by atoms with Gasteiger partial charge < -0.3 is 19.6 Å². The second-order valence-corrected chi connectivity index (χ2v) is 9.10. The van der Waals surface area contributed by atoms with Crippen molar-refractivity contribution in [3.05, 3.63) is 76.6 Å². The summed E-state index contributed by atoms with van der Waals surface area (Å²) in [4.78, 5) is 30.2. The van der Waals surface area contributed by atoms with Gasteiger partial charge in [0.25, 0.3) is 5.78 Å².